The molecule has 0 saturated carbocycles. The van der Waals surface area contributed by atoms with Crippen LogP contribution in [0.4, 0.5) is 5.69 Å². The summed E-state index contributed by atoms with van der Waals surface area (Å²) in [6.45, 7) is 2.72. The van der Waals surface area contributed by atoms with Gasteiger partial charge in [0.05, 0.1) is 10.0 Å². The van der Waals surface area contributed by atoms with E-state index in [1.807, 2.05) is 0 Å². The van der Waals surface area contributed by atoms with Crippen LogP contribution in [0.25, 0.3) is 0 Å². The van der Waals surface area contributed by atoms with Gasteiger partial charge >= 0.3 is 5.97 Å². The number of rotatable bonds is 3. The van der Waals surface area contributed by atoms with Gasteiger partial charge in [0, 0.05) is 12.6 Å². The number of amides is 1. The fourth-order valence-electron chi connectivity index (χ4n) is 1.42. The SMILES string of the molecule is CC(=O)N(c1ccc(Cl)c(Cl)c1)[C@@H](C)C(=O)O. The summed E-state index contributed by atoms with van der Waals surface area (Å²) in [4.78, 5) is 23.5. The second kappa shape index (κ2) is 5.38. The molecule has 1 rings (SSSR count). The van der Waals surface area contributed by atoms with E-state index in [2.05, 4.69) is 0 Å². The summed E-state index contributed by atoms with van der Waals surface area (Å²) in [5.41, 5.74) is 0.404. The lowest BCUT2D eigenvalue weighted by Gasteiger charge is -2.25. The summed E-state index contributed by atoms with van der Waals surface area (Å²) >= 11 is 11.6. The predicted molar refractivity (Wildman–Crippen MR) is 66.7 cm³/mol. The van der Waals surface area contributed by atoms with Gasteiger partial charge in [-0.25, -0.2) is 4.79 Å². The van der Waals surface area contributed by atoms with Crippen molar-refractivity contribution in [3.05, 3.63) is 28.2 Å². The molecule has 0 fully saturated rings. The fraction of sp³-hybridized carbons (Fsp3) is 0.273. The van der Waals surface area contributed by atoms with Crippen LogP contribution in [0.1, 0.15) is 13.8 Å². The Morgan fingerprint density at radius 1 is 1.29 bits per heavy atom. The fourth-order valence-corrected chi connectivity index (χ4v) is 1.72. The molecule has 4 nitrogen and oxygen atoms in total. The highest BCUT2D eigenvalue weighted by Crippen LogP contribution is 2.28. The van der Waals surface area contributed by atoms with Gasteiger partial charge in [-0.3, -0.25) is 9.69 Å². The number of hydrogen-bond acceptors (Lipinski definition) is 2. The normalized spacial score (nSPS) is 12.0. The lowest BCUT2D eigenvalue weighted by atomic mass is 10.2. The highest BCUT2D eigenvalue weighted by atomic mass is 35.5. The Morgan fingerprint density at radius 2 is 1.88 bits per heavy atom. The Bertz CT molecular complexity index is 462. The van der Waals surface area contributed by atoms with Gasteiger partial charge in [-0.15, -0.1) is 0 Å². The maximum absolute atomic E-state index is 11.5. The Labute approximate surface area is 109 Å². The first-order valence-corrected chi connectivity index (χ1v) is 5.58. The quantitative estimate of drug-likeness (QED) is 0.923. The first-order valence-electron chi connectivity index (χ1n) is 4.82. The van der Waals surface area contributed by atoms with Crippen LogP contribution < -0.4 is 4.90 Å². The predicted octanol–water partition coefficient (Wildman–Crippen LogP) is 2.82. The Kier molecular flexibility index (Phi) is 4.37. The first-order chi connectivity index (χ1) is 7.84. The van der Waals surface area contributed by atoms with Crippen LogP contribution in [-0.2, 0) is 9.59 Å². The van der Waals surface area contributed by atoms with E-state index in [9.17, 15) is 9.59 Å². The summed E-state index contributed by atoms with van der Waals surface area (Å²) in [7, 11) is 0. The summed E-state index contributed by atoms with van der Waals surface area (Å²) in [6, 6.07) is 3.56. The van der Waals surface area contributed by atoms with E-state index in [1.165, 1.54) is 26.0 Å². The highest BCUT2D eigenvalue weighted by Gasteiger charge is 2.24. The minimum Gasteiger partial charge on any atom is -0.480 e. The molecule has 0 radical (unpaired) electrons. The molecule has 0 heterocycles. The van der Waals surface area contributed by atoms with Crippen molar-refractivity contribution in [3.8, 4) is 0 Å². The molecule has 17 heavy (non-hydrogen) atoms. The second-order valence-electron chi connectivity index (χ2n) is 3.50. The smallest absolute Gasteiger partial charge is 0.326 e. The molecule has 0 saturated heterocycles. The number of carbonyl (C=O) groups excluding carboxylic acids is 1. The van der Waals surface area contributed by atoms with Crippen molar-refractivity contribution < 1.29 is 14.7 Å². The minimum atomic E-state index is -1.09. The van der Waals surface area contributed by atoms with E-state index >= 15 is 0 Å². The van der Waals surface area contributed by atoms with Gasteiger partial charge in [-0.1, -0.05) is 23.2 Å². The van der Waals surface area contributed by atoms with Crippen LogP contribution in [-0.4, -0.2) is 23.0 Å². The van der Waals surface area contributed by atoms with Gasteiger partial charge in [-0.2, -0.15) is 0 Å². The summed E-state index contributed by atoms with van der Waals surface area (Å²) in [6.07, 6.45) is 0. The van der Waals surface area contributed by atoms with Crippen molar-refractivity contribution in [2.45, 2.75) is 19.9 Å². The Balaban J connectivity index is 3.19. The number of halogens is 2. The zero-order chi connectivity index (χ0) is 13.2. The van der Waals surface area contributed by atoms with Crippen molar-refractivity contribution in [1.29, 1.82) is 0 Å². The van der Waals surface area contributed by atoms with E-state index in [0.29, 0.717) is 10.7 Å². The van der Waals surface area contributed by atoms with Gasteiger partial charge in [0.15, 0.2) is 0 Å². The number of carbonyl (C=O) groups is 2. The van der Waals surface area contributed by atoms with E-state index in [4.69, 9.17) is 28.3 Å². The van der Waals surface area contributed by atoms with E-state index in [-0.39, 0.29) is 10.9 Å². The number of hydrogen-bond donors (Lipinski definition) is 1. The van der Waals surface area contributed by atoms with Gasteiger partial charge < -0.3 is 5.11 Å². The molecule has 1 amide bonds. The molecule has 1 aromatic rings. The maximum Gasteiger partial charge on any atom is 0.326 e. The molecule has 0 aliphatic rings. The number of aliphatic carboxylic acids is 1. The Hall–Kier alpha value is -1.26. The molecule has 1 atom stereocenters. The molecule has 0 aliphatic carbocycles. The summed E-state index contributed by atoms with van der Waals surface area (Å²) in [5.74, 6) is -1.47. The van der Waals surface area contributed by atoms with Crippen molar-refractivity contribution in [3.63, 3.8) is 0 Å². The van der Waals surface area contributed by atoms with Crippen LogP contribution in [0.3, 0.4) is 0 Å². The van der Waals surface area contributed by atoms with Crippen molar-refractivity contribution in [2.75, 3.05) is 4.90 Å². The maximum atomic E-state index is 11.5. The zero-order valence-corrected chi connectivity index (χ0v) is 10.8. The number of benzene rings is 1. The molecule has 0 aromatic heterocycles. The molecule has 0 aliphatic heterocycles. The molecular weight excluding hydrogens is 265 g/mol. The average molecular weight is 276 g/mol. The van der Waals surface area contributed by atoms with E-state index < -0.39 is 12.0 Å². The third-order valence-electron chi connectivity index (χ3n) is 2.27. The number of carboxylic acids is 1. The van der Waals surface area contributed by atoms with Gasteiger partial charge in [0.25, 0.3) is 0 Å². The minimum absolute atomic E-state index is 0.271. The third-order valence-corrected chi connectivity index (χ3v) is 3.00. The molecule has 1 aromatic carbocycles. The molecular formula is C11H11Cl2NO3. The third kappa shape index (κ3) is 3.11. The average Bonchev–Trinajstić information content (AvgIpc) is 2.22. The Morgan fingerprint density at radius 3 is 2.29 bits per heavy atom. The van der Waals surface area contributed by atoms with E-state index in [0.717, 1.165) is 4.90 Å². The molecule has 0 spiro atoms. The zero-order valence-electron chi connectivity index (χ0n) is 9.28. The molecule has 0 unspecified atom stereocenters. The van der Waals surface area contributed by atoms with Gasteiger partial charge in [-0.05, 0) is 25.1 Å². The van der Waals surface area contributed by atoms with E-state index in [1.54, 1.807) is 6.07 Å². The summed E-state index contributed by atoms with van der Waals surface area (Å²) < 4.78 is 0. The van der Waals surface area contributed by atoms with Crippen LogP contribution in [0.2, 0.25) is 10.0 Å². The number of carboxylic acid groups (broad SMARTS) is 1. The molecule has 6 heteroatoms. The van der Waals surface area contributed by atoms with Gasteiger partial charge in [0.2, 0.25) is 5.91 Å². The largest absolute Gasteiger partial charge is 0.480 e. The second-order valence-corrected chi connectivity index (χ2v) is 4.32. The van der Waals surface area contributed by atoms with Crippen LogP contribution in [0.5, 0.6) is 0 Å². The number of anilines is 1. The first kappa shape index (κ1) is 13.8. The monoisotopic (exact) mass is 275 g/mol. The lowest BCUT2D eigenvalue weighted by Crippen LogP contribution is -2.42. The molecule has 0 bridgehead atoms. The topological polar surface area (TPSA) is 57.6 Å². The molecule has 92 valence electrons. The van der Waals surface area contributed by atoms with Gasteiger partial charge in [0.1, 0.15) is 6.04 Å². The highest BCUT2D eigenvalue weighted by molar-refractivity contribution is 6.42. The summed E-state index contributed by atoms with van der Waals surface area (Å²) in [5, 5.41) is 9.55. The van der Waals surface area contributed by atoms with Crippen LogP contribution >= 0.6 is 23.2 Å². The van der Waals surface area contributed by atoms with Crippen LogP contribution in [0, 0.1) is 0 Å². The number of nitrogens with zero attached hydrogens (tertiary/aromatic N) is 1. The lowest BCUT2D eigenvalue weighted by molar-refractivity contribution is -0.139. The van der Waals surface area contributed by atoms with Crippen molar-refractivity contribution in [2.24, 2.45) is 0 Å². The van der Waals surface area contributed by atoms with Crippen molar-refractivity contribution >= 4 is 40.8 Å². The molecule has 1 N–H and O–H groups in total. The van der Waals surface area contributed by atoms with Crippen molar-refractivity contribution in [1.82, 2.24) is 0 Å². The van der Waals surface area contributed by atoms with Crippen LogP contribution in [0.15, 0.2) is 18.2 Å². The standard InChI is InChI=1S/C11H11Cl2NO3/c1-6(11(16)17)14(7(2)15)8-3-4-9(12)10(13)5-8/h3-6H,1-2H3,(H,16,17)/t6-/m0/s1.